The second kappa shape index (κ2) is 5.11. The number of rotatable bonds is 0. The molecule has 0 aromatic carbocycles. The Balaban J connectivity index is 0.000000371. The standard InChI is InChI=1S/C6H6BrN.CH2O/c1-5-3-2-4-8-6(5)7;1-2/h2-4H,1H3;1H2. The van der Waals surface area contributed by atoms with Crippen LogP contribution < -0.4 is 0 Å². The highest BCUT2D eigenvalue weighted by molar-refractivity contribution is 9.10. The minimum absolute atomic E-state index is 0.931. The summed E-state index contributed by atoms with van der Waals surface area (Å²) in [7, 11) is 0. The van der Waals surface area contributed by atoms with Crippen molar-refractivity contribution in [2.75, 3.05) is 0 Å². The van der Waals surface area contributed by atoms with Gasteiger partial charge in [-0.1, -0.05) is 6.07 Å². The molecule has 2 nitrogen and oxygen atoms in total. The van der Waals surface area contributed by atoms with E-state index in [1.54, 1.807) is 6.20 Å². The van der Waals surface area contributed by atoms with Gasteiger partial charge >= 0.3 is 0 Å². The fourth-order valence-corrected chi connectivity index (χ4v) is 0.717. The Kier molecular flexibility index (Phi) is 4.76. The van der Waals surface area contributed by atoms with E-state index < -0.39 is 0 Å². The molecule has 0 radical (unpaired) electrons. The number of hydrogen-bond donors (Lipinski definition) is 0. The predicted molar refractivity (Wildman–Crippen MR) is 43.8 cm³/mol. The molecule has 0 fully saturated rings. The minimum Gasteiger partial charge on any atom is -0.307 e. The zero-order valence-electron chi connectivity index (χ0n) is 5.67. The van der Waals surface area contributed by atoms with Gasteiger partial charge in [0, 0.05) is 6.20 Å². The van der Waals surface area contributed by atoms with E-state index in [1.165, 1.54) is 5.56 Å². The van der Waals surface area contributed by atoms with Gasteiger partial charge in [-0.3, -0.25) is 0 Å². The summed E-state index contributed by atoms with van der Waals surface area (Å²) in [5, 5.41) is 0. The summed E-state index contributed by atoms with van der Waals surface area (Å²) in [5.74, 6) is 0. The highest BCUT2D eigenvalue weighted by atomic mass is 79.9. The van der Waals surface area contributed by atoms with Crippen molar-refractivity contribution in [2.24, 2.45) is 0 Å². The second-order valence-electron chi connectivity index (χ2n) is 1.61. The molecule has 0 aliphatic carbocycles. The predicted octanol–water partition coefficient (Wildman–Crippen LogP) is 1.97. The van der Waals surface area contributed by atoms with Crippen molar-refractivity contribution in [3.8, 4) is 0 Å². The largest absolute Gasteiger partial charge is 0.307 e. The van der Waals surface area contributed by atoms with E-state index in [0.29, 0.717) is 0 Å². The first-order valence-corrected chi connectivity index (χ1v) is 3.46. The number of pyridine rings is 1. The van der Waals surface area contributed by atoms with E-state index in [2.05, 4.69) is 20.9 Å². The third kappa shape index (κ3) is 2.73. The molecule has 10 heavy (non-hydrogen) atoms. The third-order valence-electron chi connectivity index (χ3n) is 0.946. The first-order chi connectivity index (χ1) is 4.80. The number of nitrogens with zero attached hydrogens (tertiary/aromatic N) is 1. The lowest BCUT2D eigenvalue weighted by Crippen LogP contribution is -1.76. The van der Waals surface area contributed by atoms with Crippen LogP contribution in [-0.4, -0.2) is 11.8 Å². The van der Waals surface area contributed by atoms with E-state index in [1.807, 2.05) is 25.8 Å². The molecule has 0 aliphatic rings. The lowest BCUT2D eigenvalue weighted by Gasteiger charge is -1.90. The molecular formula is C7H8BrNO. The van der Waals surface area contributed by atoms with Gasteiger partial charge in [0.25, 0.3) is 0 Å². The van der Waals surface area contributed by atoms with E-state index in [4.69, 9.17) is 4.79 Å². The molecular weight excluding hydrogens is 194 g/mol. The van der Waals surface area contributed by atoms with Crippen LogP contribution in [0.2, 0.25) is 0 Å². The SMILES string of the molecule is C=O.Cc1cccnc1Br. The van der Waals surface area contributed by atoms with Gasteiger partial charge in [-0.05, 0) is 34.5 Å². The lowest BCUT2D eigenvalue weighted by molar-refractivity contribution is -0.0979. The first-order valence-electron chi connectivity index (χ1n) is 2.66. The smallest absolute Gasteiger partial charge is 0.108 e. The van der Waals surface area contributed by atoms with E-state index >= 15 is 0 Å². The van der Waals surface area contributed by atoms with Gasteiger partial charge in [0.05, 0.1) is 0 Å². The molecule has 3 heteroatoms. The minimum atomic E-state index is 0.931. The maximum absolute atomic E-state index is 8.00. The summed E-state index contributed by atoms with van der Waals surface area (Å²) >= 11 is 3.28. The molecule has 0 saturated heterocycles. The van der Waals surface area contributed by atoms with Gasteiger partial charge in [-0.25, -0.2) is 4.98 Å². The first kappa shape index (κ1) is 9.30. The van der Waals surface area contributed by atoms with Crippen molar-refractivity contribution in [3.63, 3.8) is 0 Å². The summed E-state index contributed by atoms with van der Waals surface area (Å²) in [5.41, 5.74) is 1.17. The normalized spacial score (nSPS) is 7.80. The van der Waals surface area contributed by atoms with Crippen LogP contribution >= 0.6 is 15.9 Å². The molecule has 0 N–H and O–H groups in total. The molecule has 1 aromatic rings. The molecule has 0 spiro atoms. The fourth-order valence-electron chi connectivity index (χ4n) is 0.466. The van der Waals surface area contributed by atoms with Crippen molar-refractivity contribution in [2.45, 2.75) is 6.92 Å². The second-order valence-corrected chi connectivity index (χ2v) is 2.36. The Hall–Kier alpha value is -0.700. The van der Waals surface area contributed by atoms with Crippen molar-refractivity contribution in [1.82, 2.24) is 4.98 Å². The average molecular weight is 202 g/mol. The molecule has 0 amide bonds. The summed E-state index contributed by atoms with van der Waals surface area (Å²) in [6, 6.07) is 3.93. The summed E-state index contributed by atoms with van der Waals surface area (Å²) < 4.78 is 0.931. The molecule has 0 atom stereocenters. The van der Waals surface area contributed by atoms with Gasteiger partial charge in [0.15, 0.2) is 0 Å². The van der Waals surface area contributed by atoms with Gasteiger partial charge in [0.2, 0.25) is 0 Å². The Morgan fingerprint density at radius 3 is 2.50 bits per heavy atom. The highest BCUT2D eigenvalue weighted by Crippen LogP contribution is 2.09. The third-order valence-corrected chi connectivity index (χ3v) is 1.78. The molecule has 0 unspecified atom stereocenters. The van der Waals surface area contributed by atoms with Crippen molar-refractivity contribution in [1.29, 1.82) is 0 Å². The van der Waals surface area contributed by atoms with E-state index in [0.717, 1.165) is 4.60 Å². The van der Waals surface area contributed by atoms with Crippen LogP contribution in [-0.2, 0) is 4.79 Å². The van der Waals surface area contributed by atoms with Crippen LogP contribution in [0.5, 0.6) is 0 Å². The summed E-state index contributed by atoms with van der Waals surface area (Å²) in [6.45, 7) is 4.01. The quantitative estimate of drug-likeness (QED) is 0.602. The molecule has 1 aromatic heterocycles. The van der Waals surface area contributed by atoms with Crippen LogP contribution in [0.4, 0.5) is 0 Å². The fraction of sp³-hybridized carbons (Fsp3) is 0.143. The molecule has 0 saturated carbocycles. The summed E-state index contributed by atoms with van der Waals surface area (Å²) in [6.07, 6.45) is 1.76. The topological polar surface area (TPSA) is 30.0 Å². The maximum Gasteiger partial charge on any atom is 0.108 e. The zero-order valence-corrected chi connectivity index (χ0v) is 7.26. The van der Waals surface area contributed by atoms with Gasteiger partial charge in [-0.2, -0.15) is 0 Å². The van der Waals surface area contributed by atoms with Gasteiger partial charge < -0.3 is 4.79 Å². The monoisotopic (exact) mass is 201 g/mol. The van der Waals surface area contributed by atoms with Crippen molar-refractivity contribution < 1.29 is 4.79 Å². The molecule has 1 heterocycles. The molecule has 0 bridgehead atoms. The average Bonchev–Trinajstić information content (AvgIpc) is 2.00. The van der Waals surface area contributed by atoms with Crippen LogP contribution in [0.25, 0.3) is 0 Å². The van der Waals surface area contributed by atoms with Gasteiger partial charge in [-0.15, -0.1) is 0 Å². The summed E-state index contributed by atoms with van der Waals surface area (Å²) in [4.78, 5) is 12.0. The maximum atomic E-state index is 8.00. The number of halogens is 1. The van der Waals surface area contributed by atoms with Crippen molar-refractivity contribution >= 4 is 22.7 Å². The Morgan fingerprint density at radius 1 is 1.60 bits per heavy atom. The van der Waals surface area contributed by atoms with Crippen LogP contribution in [0.1, 0.15) is 5.56 Å². The number of carbonyl (C=O) groups excluding carboxylic acids is 1. The van der Waals surface area contributed by atoms with Crippen molar-refractivity contribution in [3.05, 3.63) is 28.5 Å². The number of hydrogen-bond acceptors (Lipinski definition) is 2. The van der Waals surface area contributed by atoms with E-state index in [9.17, 15) is 0 Å². The number of aryl methyl sites for hydroxylation is 1. The molecule has 1 rings (SSSR count). The molecule has 0 aliphatic heterocycles. The van der Waals surface area contributed by atoms with Gasteiger partial charge in [0.1, 0.15) is 11.4 Å². The van der Waals surface area contributed by atoms with Crippen LogP contribution in [0, 0.1) is 6.92 Å². The Labute approximate surface area is 68.4 Å². The Morgan fingerprint density at radius 2 is 2.20 bits per heavy atom. The number of carbonyl (C=O) groups is 1. The van der Waals surface area contributed by atoms with Crippen LogP contribution in [0.3, 0.4) is 0 Å². The molecule has 54 valence electrons. The Bertz CT molecular complexity index is 182. The van der Waals surface area contributed by atoms with Crippen LogP contribution in [0.15, 0.2) is 22.9 Å². The lowest BCUT2D eigenvalue weighted by atomic mass is 10.3. The zero-order chi connectivity index (χ0) is 7.98. The number of aromatic nitrogens is 1. The highest BCUT2D eigenvalue weighted by Gasteiger charge is 1.87. The van der Waals surface area contributed by atoms with E-state index in [-0.39, 0.29) is 0 Å².